The van der Waals surface area contributed by atoms with Crippen LogP contribution >= 0.6 is 0 Å². The Balaban J connectivity index is 2.04. The van der Waals surface area contributed by atoms with Gasteiger partial charge in [-0.15, -0.1) is 0 Å². The van der Waals surface area contributed by atoms with Gasteiger partial charge in [0.25, 0.3) is 0 Å². The molecule has 1 heterocycles. The minimum atomic E-state index is -0.572. The van der Waals surface area contributed by atoms with Crippen molar-refractivity contribution in [2.45, 2.75) is 32.2 Å². The maximum Gasteiger partial charge on any atom is 0.105 e. The van der Waals surface area contributed by atoms with Crippen LogP contribution in [-0.4, -0.2) is 30.5 Å². The summed E-state index contributed by atoms with van der Waals surface area (Å²) in [7, 11) is 0. The Kier molecular flexibility index (Phi) is 4.15. The van der Waals surface area contributed by atoms with Gasteiger partial charge in [0.1, 0.15) is 12.2 Å². The van der Waals surface area contributed by atoms with Gasteiger partial charge in [0.15, 0.2) is 0 Å². The molecule has 3 heteroatoms. The second kappa shape index (κ2) is 5.63. The van der Waals surface area contributed by atoms with Gasteiger partial charge in [-0.25, -0.2) is 0 Å². The first-order valence-corrected chi connectivity index (χ1v) is 6.14. The van der Waals surface area contributed by atoms with E-state index in [4.69, 9.17) is 9.47 Å². The third-order valence-corrected chi connectivity index (χ3v) is 3.07. The number of hydrogen-bond donors (Lipinski definition) is 1. The summed E-state index contributed by atoms with van der Waals surface area (Å²) in [6.07, 6.45) is -0.608. The SMILES string of the molecule is CC(C)C(OC1COC1)C(O)c1ccccc1. The van der Waals surface area contributed by atoms with Crippen LogP contribution in [-0.2, 0) is 9.47 Å². The molecule has 94 valence electrons. The van der Waals surface area contributed by atoms with E-state index in [0.29, 0.717) is 13.2 Å². The van der Waals surface area contributed by atoms with Gasteiger partial charge in [0.05, 0.1) is 19.3 Å². The van der Waals surface area contributed by atoms with Crippen molar-refractivity contribution < 1.29 is 14.6 Å². The van der Waals surface area contributed by atoms with Gasteiger partial charge < -0.3 is 14.6 Å². The molecule has 0 bridgehead atoms. The third kappa shape index (κ3) is 3.06. The fourth-order valence-electron chi connectivity index (χ4n) is 1.95. The fourth-order valence-corrected chi connectivity index (χ4v) is 1.95. The topological polar surface area (TPSA) is 38.7 Å². The average molecular weight is 236 g/mol. The average Bonchev–Trinajstić information content (AvgIpc) is 2.27. The maximum absolute atomic E-state index is 10.4. The van der Waals surface area contributed by atoms with Crippen LogP contribution in [0.5, 0.6) is 0 Å². The lowest BCUT2D eigenvalue weighted by molar-refractivity contribution is -0.186. The Labute approximate surface area is 102 Å². The van der Waals surface area contributed by atoms with Crippen LogP contribution in [0.2, 0.25) is 0 Å². The number of rotatable bonds is 5. The van der Waals surface area contributed by atoms with Gasteiger partial charge in [-0.1, -0.05) is 44.2 Å². The Morgan fingerprint density at radius 3 is 2.35 bits per heavy atom. The molecule has 1 aromatic carbocycles. The van der Waals surface area contributed by atoms with Crippen LogP contribution in [0.3, 0.4) is 0 Å². The third-order valence-electron chi connectivity index (χ3n) is 3.07. The summed E-state index contributed by atoms with van der Waals surface area (Å²) < 4.78 is 11.0. The molecule has 1 aromatic rings. The molecule has 17 heavy (non-hydrogen) atoms. The van der Waals surface area contributed by atoms with Crippen LogP contribution in [0.4, 0.5) is 0 Å². The molecule has 0 amide bonds. The van der Waals surface area contributed by atoms with Crippen molar-refractivity contribution in [3.8, 4) is 0 Å². The molecule has 3 nitrogen and oxygen atoms in total. The largest absolute Gasteiger partial charge is 0.386 e. The normalized spacial score (nSPS) is 20.0. The zero-order valence-electron chi connectivity index (χ0n) is 10.4. The summed E-state index contributed by atoms with van der Waals surface area (Å²) in [6, 6.07) is 9.67. The lowest BCUT2D eigenvalue weighted by Crippen LogP contribution is -2.42. The predicted molar refractivity (Wildman–Crippen MR) is 65.7 cm³/mol. The minimum absolute atomic E-state index is 0.140. The summed E-state index contributed by atoms with van der Waals surface area (Å²) >= 11 is 0. The molecule has 0 spiro atoms. The molecule has 2 atom stereocenters. The number of hydrogen-bond acceptors (Lipinski definition) is 3. The maximum atomic E-state index is 10.4. The van der Waals surface area contributed by atoms with E-state index in [0.717, 1.165) is 5.56 Å². The molecular weight excluding hydrogens is 216 g/mol. The first kappa shape index (κ1) is 12.6. The van der Waals surface area contributed by atoms with E-state index in [2.05, 4.69) is 13.8 Å². The van der Waals surface area contributed by atoms with E-state index in [-0.39, 0.29) is 18.1 Å². The van der Waals surface area contributed by atoms with E-state index in [1.54, 1.807) is 0 Å². The second-order valence-electron chi connectivity index (χ2n) is 4.86. The first-order valence-electron chi connectivity index (χ1n) is 6.14. The van der Waals surface area contributed by atoms with E-state index in [1.807, 2.05) is 30.3 Å². The number of aliphatic hydroxyl groups excluding tert-OH is 1. The Bertz CT molecular complexity index is 333. The van der Waals surface area contributed by atoms with Crippen LogP contribution in [0, 0.1) is 5.92 Å². The monoisotopic (exact) mass is 236 g/mol. The summed E-state index contributed by atoms with van der Waals surface area (Å²) in [5.74, 6) is 0.269. The molecule has 1 fully saturated rings. The highest BCUT2D eigenvalue weighted by atomic mass is 16.6. The van der Waals surface area contributed by atoms with Crippen molar-refractivity contribution in [2.24, 2.45) is 5.92 Å². The van der Waals surface area contributed by atoms with Crippen LogP contribution in [0.25, 0.3) is 0 Å². The lowest BCUT2D eigenvalue weighted by Gasteiger charge is -2.34. The van der Waals surface area contributed by atoms with Gasteiger partial charge in [0.2, 0.25) is 0 Å². The molecule has 1 N–H and O–H groups in total. The fraction of sp³-hybridized carbons (Fsp3) is 0.571. The van der Waals surface area contributed by atoms with E-state index >= 15 is 0 Å². The van der Waals surface area contributed by atoms with Crippen molar-refractivity contribution in [3.05, 3.63) is 35.9 Å². The molecule has 2 unspecified atom stereocenters. The van der Waals surface area contributed by atoms with Crippen molar-refractivity contribution in [1.82, 2.24) is 0 Å². The summed E-state index contributed by atoms with van der Waals surface area (Å²) in [5, 5.41) is 10.4. The Hall–Kier alpha value is -0.900. The molecular formula is C14H20O3. The quantitative estimate of drug-likeness (QED) is 0.851. The van der Waals surface area contributed by atoms with Gasteiger partial charge in [-0.3, -0.25) is 0 Å². The Morgan fingerprint density at radius 2 is 1.88 bits per heavy atom. The second-order valence-corrected chi connectivity index (χ2v) is 4.86. The highest BCUT2D eigenvalue weighted by molar-refractivity contribution is 5.18. The van der Waals surface area contributed by atoms with Crippen molar-refractivity contribution in [2.75, 3.05) is 13.2 Å². The van der Waals surface area contributed by atoms with Crippen molar-refractivity contribution in [1.29, 1.82) is 0 Å². The van der Waals surface area contributed by atoms with Crippen LogP contribution in [0.1, 0.15) is 25.5 Å². The van der Waals surface area contributed by atoms with E-state index in [9.17, 15) is 5.11 Å². The standard InChI is InChI=1S/C14H20O3/c1-10(2)14(17-12-8-16-9-12)13(15)11-6-4-3-5-7-11/h3-7,10,12-15H,8-9H2,1-2H3. The minimum Gasteiger partial charge on any atom is -0.386 e. The zero-order chi connectivity index (χ0) is 12.3. The highest BCUT2D eigenvalue weighted by Gasteiger charge is 2.30. The molecule has 0 saturated carbocycles. The van der Waals surface area contributed by atoms with Gasteiger partial charge in [0, 0.05) is 0 Å². The predicted octanol–water partition coefficient (Wildman–Crippen LogP) is 2.16. The molecule has 0 aromatic heterocycles. The summed E-state index contributed by atoms with van der Waals surface area (Å²) in [4.78, 5) is 0. The number of ether oxygens (including phenoxy) is 2. The zero-order valence-corrected chi connectivity index (χ0v) is 10.4. The van der Waals surface area contributed by atoms with E-state index < -0.39 is 6.10 Å². The Morgan fingerprint density at radius 1 is 1.24 bits per heavy atom. The van der Waals surface area contributed by atoms with Gasteiger partial charge in [-0.05, 0) is 11.5 Å². The molecule has 1 aliphatic heterocycles. The number of aliphatic hydroxyl groups is 1. The summed E-state index contributed by atoms with van der Waals surface area (Å²) in [5.41, 5.74) is 0.909. The van der Waals surface area contributed by atoms with Crippen LogP contribution < -0.4 is 0 Å². The van der Waals surface area contributed by atoms with Crippen molar-refractivity contribution in [3.63, 3.8) is 0 Å². The highest BCUT2D eigenvalue weighted by Crippen LogP contribution is 2.26. The van der Waals surface area contributed by atoms with Crippen molar-refractivity contribution >= 4 is 0 Å². The lowest BCUT2D eigenvalue weighted by atomic mass is 9.95. The molecule has 1 saturated heterocycles. The molecule has 1 aliphatic rings. The van der Waals surface area contributed by atoms with Gasteiger partial charge in [-0.2, -0.15) is 0 Å². The molecule has 2 rings (SSSR count). The molecule has 0 aliphatic carbocycles. The van der Waals surface area contributed by atoms with Gasteiger partial charge >= 0.3 is 0 Å². The van der Waals surface area contributed by atoms with E-state index in [1.165, 1.54) is 0 Å². The smallest absolute Gasteiger partial charge is 0.105 e. The first-order chi connectivity index (χ1) is 8.18. The van der Waals surface area contributed by atoms with Crippen LogP contribution in [0.15, 0.2) is 30.3 Å². The summed E-state index contributed by atoms with van der Waals surface area (Å²) in [6.45, 7) is 5.42. The number of benzene rings is 1. The molecule has 0 radical (unpaired) electrons.